The molecule has 0 aliphatic carbocycles. The Hall–Kier alpha value is -3.04. The molecule has 2 aromatic heterocycles. The van der Waals surface area contributed by atoms with Crippen LogP contribution >= 0.6 is 11.3 Å². The van der Waals surface area contributed by atoms with Crippen molar-refractivity contribution in [2.45, 2.75) is 19.8 Å². The van der Waals surface area contributed by atoms with E-state index < -0.39 is 0 Å². The Labute approximate surface area is 149 Å². The first-order valence-electron chi connectivity index (χ1n) is 7.87. The highest BCUT2D eigenvalue weighted by atomic mass is 32.1. The fourth-order valence-electron chi connectivity index (χ4n) is 3.12. The first-order valence-corrected chi connectivity index (χ1v) is 8.75. The van der Waals surface area contributed by atoms with Gasteiger partial charge in [0.15, 0.2) is 0 Å². The highest BCUT2D eigenvalue weighted by Gasteiger charge is 2.36. The van der Waals surface area contributed by atoms with E-state index in [0.717, 1.165) is 21.8 Å². The van der Waals surface area contributed by atoms with Crippen molar-refractivity contribution < 1.29 is 4.74 Å². The largest absolute Gasteiger partial charge is 0.422 e. The lowest BCUT2D eigenvalue weighted by molar-refractivity contribution is 0.367. The number of ether oxygens (including phenoxy) is 1. The number of aryl methyl sites for hydroxylation is 2. The number of hydrogen-bond acceptors (Lipinski definition) is 5. The van der Waals surface area contributed by atoms with Crippen LogP contribution in [0.4, 0.5) is 0 Å². The standard InChI is InChI=1S/C19H16N4OS/c1-11-5-7-13(8-6-11)23-19-16(12(2)22-23)17(15-4-3-9-25-15)14(10-20)18(21)24-19/h3-9,17H,21H2,1-2H3/t17-/m1/s1. The van der Waals surface area contributed by atoms with Crippen LogP contribution in [0.5, 0.6) is 5.88 Å². The number of fused-ring (bicyclic) bond motifs is 1. The average Bonchev–Trinajstić information content (AvgIpc) is 3.23. The van der Waals surface area contributed by atoms with Gasteiger partial charge in [-0.3, -0.25) is 0 Å². The van der Waals surface area contributed by atoms with E-state index in [2.05, 4.69) is 11.2 Å². The van der Waals surface area contributed by atoms with Crippen molar-refractivity contribution in [3.05, 3.63) is 74.9 Å². The zero-order valence-corrected chi connectivity index (χ0v) is 14.7. The molecule has 5 nitrogen and oxygen atoms in total. The van der Waals surface area contributed by atoms with Crippen LogP contribution < -0.4 is 10.5 Å². The second-order valence-electron chi connectivity index (χ2n) is 5.99. The number of nitrogens with two attached hydrogens (primary N) is 1. The summed E-state index contributed by atoms with van der Waals surface area (Å²) in [6.45, 7) is 3.97. The first-order chi connectivity index (χ1) is 12.1. The van der Waals surface area contributed by atoms with Crippen molar-refractivity contribution in [3.8, 4) is 17.6 Å². The van der Waals surface area contributed by atoms with Gasteiger partial charge in [0.25, 0.3) is 0 Å². The maximum absolute atomic E-state index is 9.61. The number of aromatic nitrogens is 2. The monoisotopic (exact) mass is 348 g/mol. The SMILES string of the molecule is Cc1ccc(-n2nc(C)c3c2OC(N)=C(C#N)[C@@H]3c2cccs2)cc1. The molecule has 25 heavy (non-hydrogen) atoms. The molecule has 1 aliphatic heterocycles. The minimum Gasteiger partial charge on any atom is -0.422 e. The normalized spacial score (nSPS) is 16.3. The van der Waals surface area contributed by atoms with Gasteiger partial charge < -0.3 is 10.5 Å². The Morgan fingerprint density at radius 2 is 2.00 bits per heavy atom. The Balaban J connectivity index is 1.94. The average molecular weight is 348 g/mol. The topological polar surface area (TPSA) is 76.9 Å². The molecule has 0 fully saturated rings. The summed E-state index contributed by atoms with van der Waals surface area (Å²) in [5.41, 5.74) is 10.3. The van der Waals surface area contributed by atoms with Crippen molar-refractivity contribution in [2.75, 3.05) is 0 Å². The lowest BCUT2D eigenvalue weighted by atomic mass is 9.89. The number of nitrogens with zero attached hydrogens (tertiary/aromatic N) is 3. The predicted octanol–water partition coefficient (Wildman–Crippen LogP) is 3.77. The molecule has 0 saturated carbocycles. The van der Waals surface area contributed by atoms with Gasteiger partial charge in [-0.25, -0.2) is 4.68 Å². The number of rotatable bonds is 2. The summed E-state index contributed by atoms with van der Waals surface area (Å²) in [5.74, 6) is 0.478. The highest BCUT2D eigenvalue weighted by Crippen LogP contribution is 2.45. The van der Waals surface area contributed by atoms with Crippen molar-refractivity contribution in [1.29, 1.82) is 5.26 Å². The number of hydrogen-bond donors (Lipinski definition) is 1. The van der Waals surface area contributed by atoms with Gasteiger partial charge in [0.2, 0.25) is 11.8 Å². The molecule has 6 heteroatoms. The molecule has 124 valence electrons. The van der Waals surface area contributed by atoms with Gasteiger partial charge in [-0.05, 0) is 37.4 Å². The van der Waals surface area contributed by atoms with E-state index in [1.807, 2.05) is 55.6 Å². The van der Waals surface area contributed by atoms with Crippen molar-refractivity contribution >= 4 is 11.3 Å². The highest BCUT2D eigenvalue weighted by molar-refractivity contribution is 7.10. The molecule has 3 heterocycles. The van der Waals surface area contributed by atoms with Crippen molar-refractivity contribution in [3.63, 3.8) is 0 Å². The number of thiophene rings is 1. The Kier molecular flexibility index (Phi) is 3.59. The van der Waals surface area contributed by atoms with Gasteiger partial charge in [-0.15, -0.1) is 11.3 Å². The lowest BCUT2D eigenvalue weighted by Gasteiger charge is -2.23. The summed E-state index contributed by atoms with van der Waals surface area (Å²) >= 11 is 1.60. The second kappa shape index (κ2) is 5.80. The molecule has 4 rings (SSSR count). The predicted molar refractivity (Wildman–Crippen MR) is 96.7 cm³/mol. The molecule has 0 bridgehead atoms. The second-order valence-corrected chi connectivity index (χ2v) is 6.97. The number of nitriles is 1. The summed E-state index contributed by atoms with van der Waals surface area (Å²) in [5, 5.41) is 16.3. The molecule has 0 amide bonds. The molecule has 0 radical (unpaired) electrons. The Bertz CT molecular complexity index is 1010. The zero-order valence-electron chi connectivity index (χ0n) is 13.9. The van der Waals surface area contributed by atoms with Crippen LogP contribution in [0, 0.1) is 25.2 Å². The van der Waals surface area contributed by atoms with Crippen LogP contribution in [0.2, 0.25) is 0 Å². The fraction of sp³-hybridized carbons (Fsp3) is 0.158. The number of benzene rings is 1. The first kappa shape index (κ1) is 15.5. The maximum Gasteiger partial charge on any atom is 0.229 e. The van der Waals surface area contributed by atoms with Crippen LogP contribution in [0.15, 0.2) is 53.2 Å². The summed E-state index contributed by atoms with van der Waals surface area (Å²) in [6, 6.07) is 14.2. The minimum absolute atomic E-state index is 0.140. The van der Waals surface area contributed by atoms with E-state index in [1.165, 1.54) is 5.56 Å². The molecule has 0 spiro atoms. The zero-order chi connectivity index (χ0) is 17.6. The van der Waals surface area contributed by atoms with Gasteiger partial charge in [-0.1, -0.05) is 23.8 Å². The minimum atomic E-state index is -0.243. The van der Waals surface area contributed by atoms with E-state index in [9.17, 15) is 5.26 Å². The molecule has 1 aromatic carbocycles. The Morgan fingerprint density at radius 3 is 2.64 bits per heavy atom. The van der Waals surface area contributed by atoms with E-state index in [-0.39, 0.29) is 11.8 Å². The molecule has 0 saturated heterocycles. The maximum atomic E-state index is 9.61. The molecule has 2 N–H and O–H groups in total. The lowest BCUT2D eigenvalue weighted by Crippen LogP contribution is -2.21. The fourth-order valence-corrected chi connectivity index (χ4v) is 3.96. The summed E-state index contributed by atoms with van der Waals surface area (Å²) in [6.07, 6.45) is 0. The van der Waals surface area contributed by atoms with E-state index in [0.29, 0.717) is 11.5 Å². The molecular weight excluding hydrogens is 332 g/mol. The van der Waals surface area contributed by atoms with Crippen molar-refractivity contribution in [1.82, 2.24) is 9.78 Å². The van der Waals surface area contributed by atoms with Crippen LogP contribution in [0.25, 0.3) is 5.69 Å². The summed E-state index contributed by atoms with van der Waals surface area (Å²) in [7, 11) is 0. The van der Waals surface area contributed by atoms with E-state index in [1.54, 1.807) is 16.0 Å². The van der Waals surface area contributed by atoms with E-state index >= 15 is 0 Å². The van der Waals surface area contributed by atoms with E-state index in [4.69, 9.17) is 10.5 Å². The van der Waals surface area contributed by atoms with Gasteiger partial charge in [-0.2, -0.15) is 10.4 Å². The van der Waals surface area contributed by atoms with Gasteiger partial charge >= 0.3 is 0 Å². The van der Waals surface area contributed by atoms with Crippen molar-refractivity contribution in [2.24, 2.45) is 5.73 Å². The third-order valence-electron chi connectivity index (χ3n) is 4.34. The quantitative estimate of drug-likeness (QED) is 0.765. The summed E-state index contributed by atoms with van der Waals surface area (Å²) in [4.78, 5) is 1.05. The van der Waals surface area contributed by atoms with Crippen LogP contribution in [-0.4, -0.2) is 9.78 Å². The van der Waals surface area contributed by atoms with Gasteiger partial charge in [0.05, 0.1) is 22.9 Å². The molecule has 0 unspecified atom stereocenters. The van der Waals surface area contributed by atoms with Gasteiger partial charge in [0, 0.05) is 4.88 Å². The molecular formula is C19H16N4OS. The molecule has 1 atom stereocenters. The molecule has 1 aliphatic rings. The molecule has 3 aromatic rings. The smallest absolute Gasteiger partial charge is 0.229 e. The third kappa shape index (κ3) is 2.41. The third-order valence-corrected chi connectivity index (χ3v) is 5.28. The Morgan fingerprint density at radius 1 is 1.24 bits per heavy atom. The van der Waals surface area contributed by atoms with Gasteiger partial charge in [0.1, 0.15) is 11.6 Å². The summed E-state index contributed by atoms with van der Waals surface area (Å²) < 4.78 is 7.60. The number of allylic oxidation sites excluding steroid dienone is 1. The van der Waals surface area contributed by atoms with Crippen LogP contribution in [0.1, 0.15) is 27.6 Å². The van der Waals surface area contributed by atoms with Crippen LogP contribution in [0.3, 0.4) is 0 Å². The van der Waals surface area contributed by atoms with Crippen LogP contribution in [-0.2, 0) is 0 Å².